The fraction of sp³-hybridized carbons (Fsp3) is 0.412. The van der Waals surface area contributed by atoms with Crippen molar-refractivity contribution in [2.45, 2.75) is 13.3 Å². The minimum absolute atomic E-state index is 0.0702. The normalized spacial score (nSPS) is 15.0. The molecule has 0 saturated carbocycles. The highest BCUT2D eigenvalue weighted by Gasteiger charge is 2.23. The van der Waals surface area contributed by atoms with Crippen molar-refractivity contribution >= 4 is 22.7 Å². The van der Waals surface area contributed by atoms with E-state index in [1.54, 1.807) is 18.9 Å². The predicted octanol–water partition coefficient (Wildman–Crippen LogP) is 1.41. The van der Waals surface area contributed by atoms with Gasteiger partial charge in [0.05, 0.1) is 19.0 Å². The van der Waals surface area contributed by atoms with E-state index in [4.69, 9.17) is 4.74 Å². The lowest BCUT2D eigenvalue weighted by Gasteiger charge is -2.34. The molecule has 1 aliphatic rings. The van der Waals surface area contributed by atoms with Crippen LogP contribution in [0.25, 0.3) is 10.9 Å². The molecule has 1 N–H and O–H groups in total. The Bertz CT molecular complexity index is 730. The van der Waals surface area contributed by atoms with Crippen LogP contribution in [0.2, 0.25) is 0 Å². The molecule has 3 rings (SSSR count). The fourth-order valence-electron chi connectivity index (χ4n) is 3.05. The number of hydrogen-bond donors (Lipinski definition) is 1. The first-order valence-corrected chi connectivity index (χ1v) is 7.76. The van der Waals surface area contributed by atoms with Gasteiger partial charge >= 0.3 is 0 Å². The average Bonchev–Trinajstić information content (AvgIpc) is 2.98. The van der Waals surface area contributed by atoms with Gasteiger partial charge in [0.1, 0.15) is 5.75 Å². The number of piperazine rings is 1. The van der Waals surface area contributed by atoms with Gasteiger partial charge in [-0.05, 0) is 11.6 Å². The van der Waals surface area contributed by atoms with Crippen molar-refractivity contribution < 1.29 is 14.3 Å². The van der Waals surface area contributed by atoms with E-state index >= 15 is 0 Å². The number of nitrogens with one attached hydrogen (secondary N) is 1. The van der Waals surface area contributed by atoms with Crippen LogP contribution >= 0.6 is 0 Å². The van der Waals surface area contributed by atoms with E-state index in [9.17, 15) is 9.59 Å². The predicted molar refractivity (Wildman–Crippen MR) is 87.4 cm³/mol. The second-order valence-corrected chi connectivity index (χ2v) is 5.76. The molecule has 6 nitrogen and oxygen atoms in total. The number of hydrogen-bond acceptors (Lipinski definition) is 3. The summed E-state index contributed by atoms with van der Waals surface area (Å²) in [4.78, 5) is 30.7. The number of ether oxygens (including phenoxy) is 1. The van der Waals surface area contributed by atoms with Gasteiger partial charge in [-0.15, -0.1) is 0 Å². The second-order valence-electron chi connectivity index (χ2n) is 5.76. The average molecular weight is 315 g/mol. The topological polar surface area (TPSA) is 65.6 Å². The van der Waals surface area contributed by atoms with Crippen molar-refractivity contribution in [1.29, 1.82) is 0 Å². The van der Waals surface area contributed by atoms with E-state index < -0.39 is 0 Å². The summed E-state index contributed by atoms with van der Waals surface area (Å²) in [5.41, 5.74) is 1.89. The van der Waals surface area contributed by atoms with Gasteiger partial charge in [-0.3, -0.25) is 9.59 Å². The highest BCUT2D eigenvalue weighted by atomic mass is 16.5. The lowest BCUT2D eigenvalue weighted by molar-refractivity contribution is -0.137. The molecule has 2 aromatic rings. The lowest BCUT2D eigenvalue weighted by atomic mass is 10.1. The van der Waals surface area contributed by atoms with Crippen LogP contribution in [0.5, 0.6) is 5.75 Å². The number of methoxy groups -OCH3 is 1. The molecule has 0 bridgehead atoms. The quantitative estimate of drug-likeness (QED) is 0.931. The van der Waals surface area contributed by atoms with Gasteiger partial charge in [-0.2, -0.15) is 0 Å². The Balaban J connectivity index is 1.70. The second kappa shape index (κ2) is 6.32. The van der Waals surface area contributed by atoms with E-state index in [0.717, 1.165) is 22.2 Å². The van der Waals surface area contributed by atoms with Crippen molar-refractivity contribution in [3.8, 4) is 5.75 Å². The summed E-state index contributed by atoms with van der Waals surface area (Å²) in [5.74, 6) is 0.939. The van der Waals surface area contributed by atoms with Crippen LogP contribution in [0.15, 0.2) is 24.4 Å². The minimum atomic E-state index is 0.0702. The number of aromatic nitrogens is 1. The van der Waals surface area contributed by atoms with E-state index in [1.807, 2.05) is 29.3 Å². The molecular formula is C17H21N3O3. The fourth-order valence-corrected chi connectivity index (χ4v) is 3.05. The minimum Gasteiger partial charge on any atom is -0.495 e. The summed E-state index contributed by atoms with van der Waals surface area (Å²) in [6.45, 7) is 4.00. The summed E-state index contributed by atoms with van der Waals surface area (Å²) in [7, 11) is 1.63. The lowest BCUT2D eigenvalue weighted by Crippen LogP contribution is -2.50. The maximum absolute atomic E-state index is 12.5. The zero-order valence-electron chi connectivity index (χ0n) is 13.5. The molecule has 1 aliphatic heterocycles. The number of rotatable bonds is 3. The van der Waals surface area contributed by atoms with Gasteiger partial charge in [0, 0.05) is 44.7 Å². The summed E-state index contributed by atoms with van der Waals surface area (Å²) in [5, 5.41) is 1.01. The van der Waals surface area contributed by atoms with E-state index in [2.05, 4.69) is 4.98 Å². The van der Waals surface area contributed by atoms with Gasteiger partial charge < -0.3 is 19.5 Å². The highest BCUT2D eigenvalue weighted by molar-refractivity contribution is 5.92. The molecule has 1 aromatic heterocycles. The number of benzene rings is 1. The van der Waals surface area contributed by atoms with Crippen LogP contribution < -0.4 is 4.74 Å². The molecule has 122 valence electrons. The van der Waals surface area contributed by atoms with E-state index in [0.29, 0.717) is 32.6 Å². The third kappa shape index (κ3) is 3.02. The van der Waals surface area contributed by atoms with Crippen LogP contribution in [0, 0.1) is 0 Å². The number of amides is 2. The van der Waals surface area contributed by atoms with Crippen LogP contribution in [0.3, 0.4) is 0 Å². The molecule has 6 heteroatoms. The largest absolute Gasteiger partial charge is 0.495 e. The van der Waals surface area contributed by atoms with Crippen molar-refractivity contribution in [3.05, 3.63) is 30.0 Å². The maximum atomic E-state index is 12.5. The first kappa shape index (κ1) is 15.4. The van der Waals surface area contributed by atoms with Crippen molar-refractivity contribution in [2.24, 2.45) is 0 Å². The van der Waals surface area contributed by atoms with Crippen LogP contribution in [0.4, 0.5) is 0 Å². The van der Waals surface area contributed by atoms with Crippen molar-refractivity contribution in [2.75, 3.05) is 33.3 Å². The van der Waals surface area contributed by atoms with Gasteiger partial charge in [-0.1, -0.05) is 12.1 Å². The summed E-state index contributed by atoms with van der Waals surface area (Å²) >= 11 is 0. The Morgan fingerprint density at radius 2 is 1.87 bits per heavy atom. The van der Waals surface area contributed by atoms with Gasteiger partial charge in [0.15, 0.2) is 0 Å². The highest BCUT2D eigenvalue weighted by Crippen LogP contribution is 2.27. The van der Waals surface area contributed by atoms with Gasteiger partial charge in [-0.25, -0.2) is 0 Å². The third-order valence-electron chi connectivity index (χ3n) is 4.40. The summed E-state index contributed by atoms with van der Waals surface area (Å²) in [6, 6.07) is 5.81. The van der Waals surface area contributed by atoms with E-state index in [-0.39, 0.29) is 11.8 Å². The van der Waals surface area contributed by atoms with Crippen LogP contribution in [0.1, 0.15) is 12.5 Å². The number of aromatic amines is 1. The molecule has 0 atom stereocenters. The first-order chi connectivity index (χ1) is 11.1. The Kier molecular flexibility index (Phi) is 4.23. The van der Waals surface area contributed by atoms with Gasteiger partial charge in [0.2, 0.25) is 11.8 Å². The summed E-state index contributed by atoms with van der Waals surface area (Å²) < 4.78 is 5.33. The standard InChI is InChI=1S/C17H21N3O3/c1-12(21)19-6-8-20(9-7-19)16(22)10-13-11-18-17-14(13)4-3-5-15(17)23-2/h3-5,11,18H,6-10H2,1-2H3. The number of carbonyl (C=O) groups is 2. The Morgan fingerprint density at radius 3 is 2.52 bits per heavy atom. The molecule has 0 unspecified atom stereocenters. The number of H-pyrrole nitrogens is 1. The molecular weight excluding hydrogens is 294 g/mol. The maximum Gasteiger partial charge on any atom is 0.227 e. The van der Waals surface area contributed by atoms with Crippen LogP contribution in [-0.4, -0.2) is 59.9 Å². The SMILES string of the molecule is COc1cccc2c(CC(=O)N3CCN(C(C)=O)CC3)c[nH]c12. The molecule has 1 saturated heterocycles. The zero-order chi connectivity index (χ0) is 16.4. The third-order valence-corrected chi connectivity index (χ3v) is 4.40. The zero-order valence-corrected chi connectivity index (χ0v) is 13.5. The molecule has 1 fully saturated rings. The smallest absolute Gasteiger partial charge is 0.227 e. The monoisotopic (exact) mass is 315 g/mol. The molecule has 0 spiro atoms. The molecule has 2 heterocycles. The molecule has 1 aromatic carbocycles. The summed E-state index contributed by atoms with van der Waals surface area (Å²) in [6.07, 6.45) is 2.23. The molecule has 2 amide bonds. The number of nitrogens with zero attached hydrogens (tertiary/aromatic N) is 2. The molecule has 0 radical (unpaired) electrons. The first-order valence-electron chi connectivity index (χ1n) is 7.76. The van der Waals surface area contributed by atoms with Gasteiger partial charge in [0.25, 0.3) is 0 Å². The van der Waals surface area contributed by atoms with E-state index in [1.165, 1.54) is 0 Å². The number of para-hydroxylation sites is 1. The molecule has 23 heavy (non-hydrogen) atoms. The molecule has 0 aliphatic carbocycles. The number of fused-ring (bicyclic) bond motifs is 1. The number of carbonyl (C=O) groups excluding carboxylic acids is 2. The van der Waals surface area contributed by atoms with Crippen molar-refractivity contribution in [3.63, 3.8) is 0 Å². The Morgan fingerprint density at radius 1 is 1.17 bits per heavy atom. The van der Waals surface area contributed by atoms with Crippen molar-refractivity contribution in [1.82, 2.24) is 14.8 Å². The Hall–Kier alpha value is -2.50. The van der Waals surface area contributed by atoms with Crippen LogP contribution in [-0.2, 0) is 16.0 Å². The Labute approximate surface area is 135 Å².